The van der Waals surface area contributed by atoms with Crippen LogP contribution in [0.4, 0.5) is 10.2 Å². The van der Waals surface area contributed by atoms with Crippen LogP contribution >= 0.6 is 0 Å². The van der Waals surface area contributed by atoms with E-state index >= 15 is 0 Å². The first kappa shape index (κ1) is 12.8. The molecule has 1 saturated carbocycles. The van der Waals surface area contributed by atoms with E-state index in [-0.39, 0.29) is 11.4 Å². The van der Waals surface area contributed by atoms with Crippen molar-refractivity contribution in [1.82, 2.24) is 9.55 Å². The predicted octanol–water partition coefficient (Wildman–Crippen LogP) is 2.37. The Balaban J connectivity index is 1.62. The molecule has 20 heavy (non-hydrogen) atoms. The Hall–Kier alpha value is -2.17. The molecule has 1 aliphatic rings. The van der Waals surface area contributed by atoms with Crippen LogP contribution in [0.2, 0.25) is 0 Å². The number of aromatic nitrogens is 2. The summed E-state index contributed by atoms with van der Waals surface area (Å²) in [7, 11) is 0. The molecule has 0 unspecified atom stereocenters. The average Bonchev–Trinajstić information content (AvgIpc) is 3.27. The van der Waals surface area contributed by atoms with Gasteiger partial charge < -0.3 is 9.88 Å². The van der Waals surface area contributed by atoms with Crippen molar-refractivity contribution < 1.29 is 4.39 Å². The highest BCUT2D eigenvalue weighted by Gasteiger charge is 2.25. The Morgan fingerprint density at radius 1 is 1.30 bits per heavy atom. The SMILES string of the molecule is O=c1c(NCCc2ccc(F)cc2)nccn1C1CC1. The van der Waals surface area contributed by atoms with Crippen molar-refractivity contribution in [2.75, 3.05) is 11.9 Å². The van der Waals surface area contributed by atoms with Gasteiger partial charge in [0.25, 0.3) is 5.56 Å². The van der Waals surface area contributed by atoms with Crippen molar-refractivity contribution >= 4 is 5.82 Å². The molecule has 0 atom stereocenters. The van der Waals surface area contributed by atoms with Crippen molar-refractivity contribution in [2.45, 2.75) is 25.3 Å². The van der Waals surface area contributed by atoms with E-state index in [9.17, 15) is 9.18 Å². The molecule has 3 rings (SSSR count). The van der Waals surface area contributed by atoms with Crippen molar-refractivity contribution in [3.63, 3.8) is 0 Å². The van der Waals surface area contributed by atoms with E-state index < -0.39 is 0 Å². The molecule has 0 spiro atoms. The first-order valence-corrected chi connectivity index (χ1v) is 6.79. The highest BCUT2D eigenvalue weighted by molar-refractivity contribution is 5.31. The third-order valence-electron chi connectivity index (χ3n) is 3.43. The van der Waals surface area contributed by atoms with Crippen LogP contribution in [0.1, 0.15) is 24.4 Å². The van der Waals surface area contributed by atoms with Crippen molar-refractivity contribution in [3.8, 4) is 0 Å². The number of benzene rings is 1. The fourth-order valence-corrected chi connectivity index (χ4v) is 2.16. The van der Waals surface area contributed by atoms with Gasteiger partial charge in [-0.05, 0) is 37.0 Å². The van der Waals surface area contributed by atoms with Gasteiger partial charge in [0.05, 0.1) is 0 Å². The summed E-state index contributed by atoms with van der Waals surface area (Å²) in [5.41, 5.74) is 0.964. The van der Waals surface area contributed by atoms with Gasteiger partial charge in [0.15, 0.2) is 5.82 Å². The van der Waals surface area contributed by atoms with Crippen molar-refractivity contribution in [2.24, 2.45) is 0 Å². The molecule has 104 valence electrons. The summed E-state index contributed by atoms with van der Waals surface area (Å²) in [5, 5.41) is 3.06. The van der Waals surface area contributed by atoms with E-state index in [4.69, 9.17) is 0 Å². The fourth-order valence-electron chi connectivity index (χ4n) is 2.16. The van der Waals surface area contributed by atoms with Gasteiger partial charge in [-0.25, -0.2) is 9.37 Å². The van der Waals surface area contributed by atoms with Gasteiger partial charge in [-0.1, -0.05) is 12.1 Å². The van der Waals surface area contributed by atoms with E-state index in [0.717, 1.165) is 24.8 Å². The molecule has 0 amide bonds. The minimum absolute atomic E-state index is 0.0610. The molecular weight excluding hydrogens is 257 g/mol. The van der Waals surface area contributed by atoms with Gasteiger partial charge in [0.2, 0.25) is 0 Å². The Kier molecular flexibility index (Phi) is 3.50. The molecule has 0 saturated heterocycles. The van der Waals surface area contributed by atoms with Gasteiger partial charge in [0.1, 0.15) is 5.82 Å². The van der Waals surface area contributed by atoms with E-state index in [1.54, 1.807) is 29.1 Å². The first-order chi connectivity index (χ1) is 9.74. The summed E-state index contributed by atoms with van der Waals surface area (Å²) in [6.07, 6.45) is 6.25. The molecule has 0 aliphatic heterocycles. The van der Waals surface area contributed by atoms with Crippen molar-refractivity contribution in [1.29, 1.82) is 0 Å². The number of hydrogen-bond acceptors (Lipinski definition) is 3. The van der Waals surface area contributed by atoms with Crippen LogP contribution in [0.3, 0.4) is 0 Å². The predicted molar refractivity (Wildman–Crippen MR) is 75.4 cm³/mol. The van der Waals surface area contributed by atoms with E-state index in [1.807, 2.05) is 0 Å². The van der Waals surface area contributed by atoms with E-state index in [1.165, 1.54) is 12.1 Å². The third-order valence-corrected chi connectivity index (χ3v) is 3.43. The number of anilines is 1. The molecule has 1 aliphatic carbocycles. The number of rotatable bonds is 5. The quantitative estimate of drug-likeness (QED) is 0.909. The summed E-state index contributed by atoms with van der Waals surface area (Å²) in [5.74, 6) is 0.153. The monoisotopic (exact) mass is 273 g/mol. The molecule has 2 aromatic rings. The molecule has 1 fully saturated rings. The van der Waals surface area contributed by atoms with Crippen LogP contribution in [0.5, 0.6) is 0 Å². The molecule has 1 N–H and O–H groups in total. The highest BCUT2D eigenvalue weighted by atomic mass is 19.1. The zero-order chi connectivity index (χ0) is 13.9. The van der Waals surface area contributed by atoms with Gasteiger partial charge in [-0.15, -0.1) is 0 Å². The smallest absolute Gasteiger partial charge is 0.293 e. The summed E-state index contributed by atoms with van der Waals surface area (Å²) in [6, 6.07) is 6.73. The van der Waals surface area contributed by atoms with Gasteiger partial charge in [0, 0.05) is 25.0 Å². The highest BCUT2D eigenvalue weighted by Crippen LogP contribution is 2.33. The average molecular weight is 273 g/mol. The van der Waals surface area contributed by atoms with Crippen LogP contribution in [-0.2, 0) is 6.42 Å². The van der Waals surface area contributed by atoms with Crippen LogP contribution in [-0.4, -0.2) is 16.1 Å². The molecule has 4 nitrogen and oxygen atoms in total. The van der Waals surface area contributed by atoms with E-state index in [2.05, 4.69) is 10.3 Å². The summed E-state index contributed by atoms with van der Waals surface area (Å²) in [4.78, 5) is 16.2. The largest absolute Gasteiger partial charge is 0.365 e. The Bertz CT molecular complexity index is 647. The molecule has 0 radical (unpaired) electrons. The van der Waals surface area contributed by atoms with E-state index in [0.29, 0.717) is 18.4 Å². The summed E-state index contributed by atoms with van der Waals surface area (Å²) in [6.45, 7) is 0.600. The van der Waals surface area contributed by atoms with Crippen molar-refractivity contribution in [3.05, 3.63) is 58.4 Å². The minimum atomic E-state index is -0.237. The summed E-state index contributed by atoms with van der Waals surface area (Å²) >= 11 is 0. The number of nitrogens with zero attached hydrogens (tertiary/aromatic N) is 2. The third kappa shape index (κ3) is 2.87. The Morgan fingerprint density at radius 3 is 2.75 bits per heavy atom. The lowest BCUT2D eigenvalue weighted by Crippen LogP contribution is -2.24. The molecule has 5 heteroatoms. The standard InChI is InChI=1S/C15H16FN3O/c16-12-3-1-11(2-4-12)7-8-17-14-15(20)19(10-9-18-14)13-5-6-13/h1-4,9-10,13H,5-8H2,(H,17,18). The number of hydrogen-bond donors (Lipinski definition) is 1. The maximum atomic E-state index is 12.8. The zero-order valence-electron chi connectivity index (χ0n) is 11.1. The lowest BCUT2D eigenvalue weighted by molar-refractivity contribution is 0.627. The zero-order valence-corrected chi connectivity index (χ0v) is 11.1. The lowest BCUT2D eigenvalue weighted by atomic mass is 10.1. The second-order valence-electron chi connectivity index (χ2n) is 5.02. The first-order valence-electron chi connectivity index (χ1n) is 6.79. The minimum Gasteiger partial charge on any atom is -0.365 e. The van der Waals surface area contributed by atoms with Gasteiger partial charge in [-0.2, -0.15) is 0 Å². The maximum Gasteiger partial charge on any atom is 0.293 e. The molecule has 1 heterocycles. The van der Waals surface area contributed by atoms with Gasteiger partial charge in [-0.3, -0.25) is 4.79 Å². The van der Waals surface area contributed by atoms with Crippen LogP contribution < -0.4 is 10.9 Å². The Labute approximate surface area is 116 Å². The van der Waals surface area contributed by atoms with Crippen LogP contribution in [0.15, 0.2) is 41.5 Å². The van der Waals surface area contributed by atoms with Crippen LogP contribution in [0, 0.1) is 5.82 Å². The molecule has 0 bridgehead atoms. The van der Waals surface area contributed by atoms with Gasteiger partial charge >= 0.3 is 0 Å². The maximum absolute atomic E-state index is 12.8. The fraction of sp³-hybridized carbons (Fsp3) is 0.333. The molecule has 1 aromatic heterocycles. The second kappa shape index (κ2) is 5.45. The topological polar surface area (TPSA) is 46.9 Å². The summed E-state index contributed by atoms with van der Waals surface area (Å²) < 4.78 is 14.5. The van der Waals surface area contributed by atoms with Crippen LogP contribution in [0.25, 0.3) is 0 Å². The normalized spacial score (nSPS) is 14.2. The molecule has 1 aromatic carbocycles. The second-order valence-corrected chi connectivity index (χ2v) is 5.02. The number of halogens is 1. The lowest BCUT2D eigenvalue weighted by Gasteiger charge is -2.08. The molecular formula is C15H16FN3O. The Morgan fingerprint density at radius 2 is 2.05 bits per heavy atom. The number of nitrogens with one attached hydrogen (secondary N) is 1.